The molecule has 0 spiro atoms. The van der Waals surface area contributed by atoms with Gasteiger partial charge in [0.15, 0.2) is 0 Å². The fourth-order valence-electron chi connectivity index (χ4n) is 3.03. The Kier molecular flexibility index (Phi) is 5.08. The first-order chi connectivity index (χ1) is 11.7. The Bertz CT molecular complexity index is 644. The van der Waals surface area contributed by atoms with Gasteiger partial charge in [-0.1, -0.05) is 12.1 Å². The van der Waals surface area contributed by atoms with E-state index in [4.69, 9.17) is 5.26 Å². The Hall–Kier alpha value is -2.43. The van der Waals surface area contributed by atoms with Crippen LogP contribution in [0.5, 0.6) is 0 Å². The van der Waals surface area contributed by atoms with Gasteiger partial charge in [0.05, 0.1) is 18.2 Å². The summed E-state index contributed by atoms with van der Waals surface area (Å²) in [5.41, 5.74) is 1.86. The molecule has 0 bridgehead atoms. The Morgan fingerprint density at radius 1 is 1.08 bits per heavy atom. The van der Waals surface area contributed by atoms with Gasteiger partial charge < -0.3 is 5.32 Å². The zero-order chi connectivity index (χ0) is 16.9. The lowest BCUT2D eigenvalue weighted by molar-refractivity contribution is -0.129. The molecule has 24 heavy (non-hydrogen) atoms. The molecule has 126 valence electrons. The Morgan fingerprint density at radius 3 is 2.33 bits per heavy atom. The summed E-state index contributed by atoms with van der Waals surface area (Å²) in [5.74, 6) is -0.120. The van der Waals surface area contributed by atoms with E-state index in [1.165, 1.54) is 10.5 Å². The second-order valence-electron chi connectivity index (χ2n) is 6.14. The molecule has 3 amide bonds. The van der Waals surface area contributed by atoms with Crippen LogP contribution in [0, 0.1) is 11.3 Å². The molecule has 0 aliphatic carbocycles. The molecule has 7 heteroatoms. The second-order valence-corrected chi connectivity index (χ2v) is 6.14. The number of nitriles is 1. The lowest BCUT2D eigenvalue weighted by Crippen LogP contribution is -2.50. The van der Waals surface area contributed by atoms with Crippen LogP contribution in [-0.4, -0.2) is 72.5 Å². The molecule has 1 N–H and O–H groups in total. The minimum Gasteiger partial charge on any atom is -0.336 e. The highest BCUT2D eigenvalue weighted by Crippen LogP contribution is 2.10. The topological polar surface area (TPSA) is 79.7 Å². The van der Waals surface area contributed by atoms with E-state index in [-0.39, 0.29) is 11.9 Å². The Morgan fingerprint density at radius 2 is 1.75 bits per heavy atom. The first-order valence-electron chi connectivity index (χ1n) is 8.17. The number of benzene rings is 1. The minimum atomic E-state index is -0.278. The quantitative estimate of drug-likeness (QED) is 0.856. The number of carbonyl (C=O) groups excluding carboxylic acids is 2. The smallest absolute Gasteiger partial charge is 0.324 e. The number of nitrogens with zero attached hydrogens (tertiary/aromatic N) is 4. The van der Waals surface area contributed by atoms with Crippen molar-refractivity contribution in [1.82, 2.24) is 20.0 Å². The summed E-state index contributed by atoms with van der Waals surface area (Å²) in [7, 11) is 0. The summed E-state index contributed by atoms with van der Waals surface area (Å²) < 4.78 is 0. The lowest BCUT2D eigenvalue weighted by Gasteiger charge is -2.34. The largest absolute Gasteiger partial charge is 0.336 e. The van der Waals surface area contributed by atoms with Gasteiger partial charge in [0.1, 0.15) is 0 Å². The van der Waals surface area contributed by atoms with Crippen molar-refractivity contribution in [3.63, 3.8) is 0 Å². The highest BCUT2D eigenvalue weighted by atomic mass is 16.2. The van der Waals surface area contributed by atoms with Crippen molar-refractivity contribution in [2.45, 2.75) is 6.54 Å². The van der Waals surface area contributed by atoms with Crippen molar-refractivity contribution >= 4 is 11.9 Å². The number of hydrogen-bond donors (Lipinski definition) is 1. The third kappa shape index (κ3) is 3.91. The van der Waals surface area contributed by atoms with Gasteiger partial charge in [-0.05, 0) is 17.7 Å². The van der Waals surface area contributed by atoms with Gasteiger partial charge >= 0.3 is 6.03 Å². The van der Waals surface area contributed by atoms with Gasteiger partial charge in [-0.3, -0.25) is 19.5 Å². The molecule has 2 heterocycles. The summed E-state index contributed by atoms with van der Waals surface area (Å²) in [4.78, 5) is 29.4. The molecule has 1 aromatic rings. The van der Waals surface area contributed by atoms with Crippen LogP contribution in [0.2, 0.25) is 0 Å². The third-order valence-electron chi connectivity index (χ3n) is 4.47. The molecule has 2 saturated heterocycles. The van der Waals surface area contributed by atoms with Crippen molar-refractivity contribution in [3.05, 3.63) is 35.4 Å². The number of imide groups is 1. The fraction of sp³-hybridized carbons (Fsp3) is 0.471. The van der Waals surface area contributed by atoms with Crippen LogP contribution in [0.15, 0.2) is 24.3 Å². The number of amides is 3. The van der Waals surface area contributed by atoms with Gasteiger partial charge in [0.2, 0.25) is 5.91 Å². The van der Waals surface area contributed by atoms with Crippen LogP contribution >= 0.6 is 0 Å². The normalized spacial score (nSPS) is 19.1. The molecular weight excluding hydrogens is 306 g/mol. The van der Waals surface area contributed by atoms with E-state index >= 15 is 0 Å². The molecule has 0 unspecified atom stereocenters. The molecule has 2 aliphatic heterocycles. The maximum Gasteiger partial charge on any atom is 0.324 e. The summed E-state index contributed by atoms with van der Waals surface area (Å²) in [6.07, 6.45) is 0. The molecule has 2 aliphatic rings. The Labute approximate surface area is 141 Å². The number of rotatable bonds is 4. The SMILES string of the molecule is N#Cc1ccc(CN2CCN(CC(=O)N3CCNC3=O)CC2)cc1. The second kappa shape index (κ2) is 7.43. The van der Waals surface area contributed by atoms with E-state index in [0.29, 0.717) is 25.2 Å². The number of urea groups is 1. The molecule has 2 fully saturated rings. The number of nitrogens with one attached hydrogen (secondary N) is 1. The molecule has 0 aromatic heterocycles. The van der Waals surface area contributed by atoms with Crippen LogP contribution in [0.3, 0.4) is 0 Å². The van der Waals surface area contributed by atoms with E-state index in [1.807, 2.05) is 24.3 Å². The number of hydrogen-bond acceptors (Lipinski definition) is 5. The number of carbonyl (C=O) groups is 2. The van der Waals surface area contributed by atoms with E-state index in [1.54, 1.807) is 0 Å². The van der Waals surface area contributed by atoms with Crippen LogP contribution < -0.4 is 5.32 Å². The summed E-state index contributed by atoms with van der Waals surface area (Å²) in [6, 6.07) is 9.50. The van der Waals surface area contributed by atoms with Gasteiger partial charge in [0, 0.05) is 45.8 Å². The Balaban J connectivity index is 1.44. The van der Waals surface area contributed by atoms with Gasteiger partial charge in [-0.2, -0.15) is 5.26 Å². The molecular formula is C17H21N5O2. The van der Waals surface area contributed by atoms with Gasteiger partial charge in [0.25, 0.3) is 0 Å². The average molecular weight is 327 g/mol. The molecule has 0 atom stereocenters. The van der Waals surface area contributed by atoms with Crippen LogP contribution in [0.1, 0.15) is 11.1 Å². The number of piperazine rings is 1. The van der Waals surface area contributed by atoms with Crippen LogP contribution in [-0.2, 0) is 11.3 Å². The van der Waals surface area contributed by atoms with Gasteiger partial charge in [-0.25, -0.2) is 4.79 Å². The monoisotopic (exact) mass is 327 g/mol. The van der Waals surface area contributed by atoms with Crippen molar-refractivity contribution in [2.75, 3.05) is 45.8 Å². The highest BCUT2D eigenvalue weighted by molar-refractivity contribution is 5.96. The predicted molar refractivity (Wildman–Crippen MR) is 88.0 cm³/mol. The van der Waals surface area contributed by atoms with E-state index < -0.39 is 0 Å². The molecule has 7 nitrogen and oxygen atoms in total. The first-order valence-corrected chi connectivity index (χ1v) is 8.17. The maximum atomic E-state index is 12.1. The summed E-state index contributed by atoms with van der Waals surface area (Å²) >= 11 is 0. The average Bonchev–Trinajstić information content (AvgIpc) is 3.03. The van der Waals surface area contributed by atoms with Crippen molar-refractivity contribution in [1.29, 1.82) is 5.26 Å². The van der Waals surface area contributed by atoms with Gasteiger partial charge in [-0.15, -0.1) is 0 Å². The fourth-order valence-corrected chi connectivity index (χ4v) is 3.03. The first kappa shape index (κ1) is 16.4. The van der Waals surface area contributed by atoms with Crippen molar-refractivity contribution in [3.8, 4) is 6.07 Å². The maximum absolute atomic E-state index is 12.1. The molecule has 1 aromatic carbocycles. The van der Waals surface area contributed by atoms with E-state index in [9.17, 15) is 9.59 Å². The standard InChI is InChI=1S/C17H21N5O2/c18-11-14-1-3-15(4-2-14)12-20-7-9-21(10-8-20)13-16(23)22-6-5-19-17(22)24/h1-4H,5-10,12-13H2,(H,19,24). The molecule has 0 saturated carbocycles. The van der Waals surface area contributed by atoms with Crippen molar-refractivity contribution < 1.29 is 9.59 Å². The predicted octanol–water partition coefficient (Wildman–Crippen LogP) is 0.228. The summed E-state index contributed by atoms with van der Waals surface area (Å²) in [5, 5.41) is 11.5. The van der Waals surface area contributed by atoms with E-state index in [0.717, 1.165) is 32.7 Å². The molecule has 3 rings (SSSR count). The van der Waals surface area contributed by atoms with E-state index in [2.05, 4.69) is 21.2 Å². The summed E-state index contributed by atoms with van der Waals surface area (Å²) in [6.45, 7) is 5.58. The van der Waals surface area contributed by atoms with Crippen LogP contribution in [0.25, 0.3) is 0 Å². The van der Waals surface area contributed by atoms with Crippen molar-refractivity contribution in [2.24, 2.45) is 0 Å². The zero-order valence-electron chi connectivity index (χ0n) is 13.6. The third-order valence-corrected chi connectivity index (χ3v) is 4.47. The highest BCUT2D eigenvalue weighted by Gasteiger charge is 2.28. The zero-order valence-corrected chi connectivity index (χ0v) is 13.6. The molecule has 0 radical (unpaired) electrons. The lowest BCUT2D eigenvalue weighted by atomic mass is 10.1. The van der Waals surface area contributed by atoms with Crippen LogP contribution in [0.4, 0.5) is 4.79 Å². The minimum absolute atomic E-state index is 0.120.